The fourth-order valence-electron chi connectivity index (χ4n) is 3.88. The van der Waals surface area contributed by atoms with E-state index in [2.05, 4.69) is 36.8 Å². The topological polar surface area (TPSA) is 86.7 Å². The number of carbonyl (C=O) groups excluding carboxylic acids is 2. The minimum Gasteiger partial charge on any atom is -0.380 e. The highest BCUT2D eigenvalue weighted by Gasteiger charge is 2.35. The van der Waals surface area contributed by atoms with Gasteiger partial charge >= 0.3 is 6.18 Å². The molecule has 0 spiro atoms. The number of nitrogens with zero attached hydrogens (tertiary/aromatic N) is 3. The molecular formula is C28H25BrF3N5O2S2. The molecule has 0 aliphatic carbocycles. The van der Waals surface area contributed by atoms with Gasteiger partial charge in [0.05, 0.1) is 32.3 Å². The van der Waals surface area contributed by atoms with Crippen molar-refractivity contribution in [3.8, 4) is 0 Å². The summed E-state index contributed by atoms with van der Waals surface area (Å²) in [5, 5.41) is 6.84. The summed E-state index contributed by atoms with van der Waals surface area (Å²) < 4.78 is 43.5. The number of anilines is 1. The first-order valence-electron chi connectivity index (χ1n) is 12.2. The number of amides is 2. The molecule has 0 fully saturated rings. The molecule has 214 valence electrons. The summed E-state index contributed by atoms with van der Waals surface area (Å²) in [4.78, 5) is 33.3. The maximum Gasteiger partial charge on any atom is 0.417 e. The molecule has 2 heterocycles. The Hall–Kier alpha value is -3.42. The van der Waals surface area contributed by atoms with Crippen LogP contribution in [0.3, 0.4) is 0 Å². The number of benzene rings is 2. The van der Waals surface area contributed by atoms with Crippen molar-refractivity contribution in [3.05, 3.63) is 86.7 Å². The molecule has 13 heteroatoms. The Bertz CT molecular complexity index is 1560. The summed E-state index contributed by atoms with van der Waals surface area (Å²) in [6.07, 6.45) is -2.08. The number of halogens is 4. The normalized spacial score (nSPS) is 12.4. The average molecular weight is 665 g/mol. The van der Waals surface area contributed by atoms with Crippen LogP contribution in [0.25, 0.3) is 10.9 Å². The van der Waals surface area contributed by atoms with Gasteiger partial charge in [-0.3, -0.25) is 14.6 Å². The largest absolute Gasteiger partial charge is 0.417 e. The van der Waals surface area contributed by atoms with E-state index in [1.165, 1.54) is 52.5 Å². The summed E-state index contributed by atoms with van der Waals surface area (Å²) in [7, 11) is 3.21. The lowest BCUT2D eigenvalue weighted by Crippen LogP contribution is -2.33. The minimum absolute atomic E-state index is 0.0166. The highest BCUT2D eigenvalue weighted by atomic mass is 79.9. The number of hydrazone groups is 1. The second kappa shape index (κ2) is 13.5. The number of nitrogens with one attached hydrogen (secondary N) is 2. The van der Waals surface area contributed by atoms with Crippen LogP contribution >= 0.6 is 39.0 Å². The van der Waals surface area contributed by atoms with Crippen LogP contribution in [0.4, 0.5) is 18.9 Å². The highest BCUT2D eigenvalue weighted by Crippen LogP contribution is 2.39. The number of thiophene rings is 1. The highest BCUT2D eigenvalue weighted by molar-refractivity contribution is 9.11. The molecule has 2 amide bonds. The van der Waals surface area contributed by atoms with Crippen LogP contribution in [0.1, 0.15) is 27.2 Å². The maximum absolute atomic E-state index is 14.2. The van der Waals surface area contributed by atoms with Gasteiger partial charge in [0.1, 0.15) is 0 Å². The minimum atomic E-state index is -4.72. The van der Waals surface area contributed by atoms with Crippen molar-refractivity contribution in [3.63, 3.8) is 0 Å². The monoisotopic (exact) mass is 663 g/mol. The molecule has 0 radical (unpaired) electrons. The molecule has 2 aromatic heterocycles. The number of alkyl halides is 3. The zero-order valence-electron chi connectivity index (χ0n) is 21.9. The molecule has 1 unspecified atom stereocenters. The predicted molar refractivity (Wildman–Crippen MR) is 162 cm³/mol. The number of hydrogen-bond acceptors (Lipinski definition) is 7. The van der Waals surface area contributed by atoms with Crippen molar-refractivity contribution < 1.29 is 22.8 Å². The van der Waals surface area contributed by atoms with Crippen molar-refractivity contribution in [2.45, 2.75) is 23.5 Å². The first-order valence-corrected chi connectivity index (χ1v) is 14.8. The van der Waals surface area contributed by atoms with Crippen LogP contribution in [-0.2, 0) is 11.0 Å². The molecule has 41 heavy (non-hydrogen) atoms. The first-order chi connectivity index (χ1) is 19.5. The van der Waals surface area contributed by atoms with Gasteiger partial charge in [-0.05, 0) is 52.3 Å². The van der Waals surface area contributed by atoms with Crippen LogP contribution in [0.2, 0.25) is 0 Å². The van der Waals surface area contributed by atoms with Gasteiger partial charge in [-0.25, -0.2) is 5.43 Å². The molecule has 0 aliphatic rings. The molecular weight excluding hydrogens is 639 g/mol. The summed E-state index contributed by atoms with van der Waals surface area (Å²) in [5.74, 6) is -0.629. The average Bonchev–Trinajstić information content (AvgIpc) is 3.35. The second-order valence-corrected chi connectivity index (χ2v) is 12.6. The summed E-state index contributed by atoms with van der Waals surface area (Å²) in [6, 6.07) is 16.1. The third-order valence-corrected chi connectivity index (χ3v) is 8.59. The van der Waals surface area contributed by atoms with Gasteiger partial charge in [-0.2, -0.15) is 18.3 Å². The van der Waals surface area contributed by atoms with E-state index >= 15 is 0 Å². The maximum atomic E-state index is 14.2. The van der Waals surface area contributed by atoms with Gasteiger partial charge in [0, 0.05) is 53.7 Å². The molecule has 2 aromatic carbocycles. The lowest BCUT2D eigenvalue weighted by atomic mass is 10.0. The molecule has 4 rings (SSSR count). The molecule has 4 aromatic rings. The van der Waals surface area contributed by atoms with Gasteiger partial charge in [-0.1, -0.05) is 24.3 Å². The van der Waals surface area contributed by atoms with E-state index in [0.717, 1.165) is 19.6 Å². The third-order valence-electron chi connectivity index (χ3n) is 5.86. The summed E-state index contributed by atoms with van der Waals surface area (Å²) in [6.45, 7) is 0. The van der Waals surface area contributed by atoms with Crippen molar-refractivity contribution in [1.29, 1.82) is 0 Å². The number of thioether (sulfide) groups is 1. The van der Waals surface area contributed by atoms with Crippen LogP contribution in [0.15, 0.2) is 80.6 Å². The smallest absolute Gasteiger partial charge is 0.380 e. The van der Waals surface area contributed by atoms with E-state index in [4.69, 9.17) is 0 Å². The van der Waals surface area contributed by atoms with Crippen LogP contribution in [-0.4, -0.2) is 53.8 Å². The lowest BCUT2D eigenvalue weighted by Gasteiger charge is -2.24. The Morgan fingerprint density at radius 3 is 2.54 bits per heavy atom. The molecule has 0 saturated carbocycles. The second-order valence-electron chi connectivity index (χ2n) is 9.04. The summed E-state index contributed by atoms with van der Waals surface area (Å²) >= 11 is 6.19. The first kappa shape index (κ1) is 30.5. The van der Waals surface area contributed by atoms with E-state index in [-0.39, 0.29) is 34.5 Å². The van der Waals surface area contributed by atoms with Crippen LogP contribution in [0, 0.1) is 0 Å². The molecule has 0 aliphatic heterocycles. The number of rotatable bonds is 10. The zero-order valence-corrected chi connectivity index (χ0v) is 25.1. The molecule has 2 N–H and O–H groups in total. The van der Waals surface area contributed by atoms with Gasteiger partial charge in [-0.15, -0.1) is 23.1 Å². The van der Waals surface area contributed by atoms with E-state index in [0.29, 0.717) is 5.75 Å². The Labute approximate surface area is 251 Å². The van der Waals surface area contributed by atoms with Crippen molar-refractivity contribution in [2.24, 2.45) is 5.10 Å². The van der Waals surface area contributed by atoms with E-state index in [1.54, 1.807) is 20.2 Å². The van der Waals surface area contributed by atoms with Gasteiger partial charge in [0.15, 0.2) is 0 Å². The fourth-order valence-corrected chi connectivity index (χ4v) is 6.12. The number of hydrogen-bond donors (Lipinski definition) is 2. The Kier molecular flexibility index (Phi) is 10.1. The summed E-state index contributed by atoms with van der Waals surface area (Å²) in [5.41, 5.74) is 1.30. The number of carbonyl (C=O) groups is 2. The van der Waals surface area contributed by atoms with Gasteiger partial charge in [0.2, 0.25) is 5.91 Å². The van der Waals surface area contributed by atoms with E-state index in [9.17, 15) is 22.8 Å². The van der Waals surface area contributed by atoms with Crippen molar-refractivity contribution in [1.82, 2.24) is 15.3 Å². The zero-order chi connectivity index (χ0) is 29.6. The number of fused-ring (bicyclic) bond motifs is 1. The Morgan fingerprint density at radius 2 is 1.88 bits per heavy atom. The van der Waals surface area contributed by atoms with Crippen molar-refractivity contribution >= 4 is 73.6 Å². The lowest BCUT2D eigenvalue weighted by molar-refractivity contribution is -0.136. The Balaban J connectivity index is 1.76. The number of pyridine rings is 1. The quantitative estimate of drug-likeness (QED) is 0.110. The standard InChI is InChI=1S/C28H25BrF3N5O2S2/c1-37(2)24(38)13-17(16-40-18-7-4-3-5-8-18)35-26-20(27(39)36-34-14-19-11-12-23(29)41-19)15-33-22-10-6-9-21(25(22)26)28(30,31)32/h3-12,14-15,17H,13,16H2,1-2H3,(H,33,35)(H,36,39)/b34-14+. The van der Waals surface area contributed by atoms with E-state index in [1.807, 2.05) is 36.4 Å². The van der Waals surface area contributed by atoms with Gasteiger partial charge < -0.3 is 10.2 Å². The van der Waals surface area contributed by atoms with Crippen molar-refractivity contribution in [2.75, 3.05) is 25.2 Å². The fraction of sp³-hybridized carbons (Fsp3) is 0.214. The molecule has 7 nitrogen and oxygen atoms in total. The molecule has 1 atom stereocenters. The van der Waals surface area contributed by atoms with E-state index < -0.39 is 23.7 Å². The van der Waals surface area contributed by atoms with Gasteiger partial charge in [0.25, 0.3) is 5.91 Å². The van der Waals surface area contributed by atoms with Crippen LogP contribution < -0.4 is 10.7 Å². The molecule has 0 saturated heterocycles. The number of aromatic nitrogens is 1. The van der Waals surface area contributed by atoms with Crippen LogP contribution in [0.5, 0.6) is 0 Å². The molecule has 0 bridgehead atoms. The SMILES string of the molecule is CN(C)C(=O)CC(CSc1ccccc1)Nc1c(C(=O)N/N=C/c2ccc(Br)s2)cnc2cccc(C(F)(F)F)c12. The Morgan fingerprint density at radius 1 is 1.12 bits per heavy atom. The third kappa shape index (κ3) is 8.08. The predicted octanol–water partition coefficient (Wildman–Crippen LogP) is 6.89.